The first-order valence-electron chi connectivity index (χ1n) is 5.97. The van der Waals surface area contributed by atoms with Gasteiger partial charge < -0.3 is 14.5 Å². The molecule has 16 heavy (non-hydrogen) atoms. The van der Waals surface area contributed by atoms with Crippen molar-refractivity contribution in [1.29, 1.82) is 0 Å². The standard InChI is InChI=1S/C13H21NO2/c1-13(2,15-3)9-14-11-5-4-6-12-10(11)7-8-16-12/h7-8,11,14H,4-6,9H2,1-3H3. The maximum Gasteiger partial charge on any atom is 0.108 e. The summed E-state index contributed by atoms with van der Waals surface area (Å²) in [5.41, 5.74) is 1.22. The number of fused-ring (bicyclic) bond motifs is 1. The van der Waals surface area contributed by atoms with Crippen LogP contribution in [0.3, 0.4) is 0 Å². The molecule has 0 bridgehead atoms. The van der Waals surface area contributed by atoms with Crippen LogP contribution in [-0.4, -0.2) is 19.3 Å². The molecule has 0 spiro atoms. The van der Waals surface area contributed by atoms with Gasteiger partial charge in [0, 0.05) is 31.7 Å². The van der Waals surface area contributed by atoms with Crippen LogP contribution in [0.1, 0.15) is 44.1 Å². The summed E-state index contributed by atoms with van der Waals surface area (Å²) >= 11 is 0. The fraction of sp³-hybridized carbons (Fsp3) is 0.692. The smallest absolute Gasteiger partial charge is 0.108 e. The van der Waals surface area contributed by atoms with E-state index in [2.05, 4.69) is 25.2 Å². The van der Waals surface area contributed by atoms with Gasteiger partial charge in [-0.1, -0.05) is 0 Å². The first-order valence-corrected chi connectivity index (χ1v) is 5.97. The van der Waals surface area contributed by atoms with Crippen molar-refractivity contribution in [3.8, 4) is 0 Å². The molecule has 1 heterocycles. The molecule has 0 radical (unpaired) electrons. The Morgan fingerprint density at radius 2 is 2.38 bits per heavy atom. The Bertz CT molecular complexity index is 343. The Hall–Kier alpha value is -0.800. The molecule has 90 valence electrons. The van der Waals surface area contributed by atoms with Crippen molar-refractivity contribution >= 4 is 0 Å². The Morgan fingerprint density at radius 3 is 3.12 bits per heavy atom. The van der Waals surface area contributed by atoms with E-state index >= 15 is 0 Å². The lowest BCUT2D eigenvalue weighted by Gasteiger charge is -2.29. The van der Waals surface area contributed by atoms with E-state index in [-0.39, 0.29) is 5.60 Å². The molecule has 1 atom stereocenters. The normalized spacial score (nSPS) is 20.8. The minimum atomic E-state index is -0.110. The Kier molecular flexibility index (Phi) is 3.36. The Morgan fingerprint density at radius 1 is 1.56 bits per heavy atom. The lowest BCUT2D eigenvalue weighted by atomic mass is 9.93. The first kappa shape index (κ1) is 11.7. The summed E-state index contributed by atoms with van der Waals surface area (Å²) in [6, 6.07) is 2.52. The second-order valence-corrected chi connectivity index (χ2v) is 5.09. The molecule has 0 saturated heterocycles. The molecular formula is C13H21NO2. The first-order chi connectivity index (χ1) is 7.62. The average molecular weight is 223 g/mol. The van der Waals surface area contributed by atoms with Crippen molar-refractivity contribution in [3.05, 3.63) is 23.7 Å². The van der Waals surface area contributed by atoms with Gasteiger partial charge in [0.2, 0.25) is 0 Å². The number of ether oxygens (including phenoxy) is 1. The summed E-state index contributed by atoms with van der Waals surface area (Å²) in [5, 5.41) is 3.57. The lowest BCUT2D eigenvalue weighted by Crippen LogP contribution is -2.39. The predicted octanol–water partition coefficient (Wildman–Crippen LogP) is 2.67. The van der Waals surface area contributed by atoms with E-state index in [0.29, 0.717) is 6.04 Å². The van der Waals surface area contributed by atoms with Gasteiger partial charge in [-0.3, -0.25) is 0 Å². The number of hydrogen-bond acceptors (Lipinski definition) is 3. The molecule has 0 fully saturated rings. The fourth-order valence-corrected chi connectivity index (χ4v) is 2.14. The maximum atomic E-state index is 5.47. The van der Waals surface area contributed by atoms with E-state index in [1.165, 1.54) is 18.4 Å². The second kappa shape index (κ2) is 4.60. The third-order valence-electron chi connectivity index (χ3n) is 3.38. The number of nitrogens with one attached hydrogen (secondary N) is 1. The number of aryl methyl sites for hydroxylation is 1. The molecular weight excluding hydrogens is 202 g/mol. The van der Waals surface area contributed by atoms with E-state index < -0.39 is 0 Å². The van der Waals surface area contributed by atoms with Gasteiger partial charge in [0.15, 0.2) is 0 Å². The topological polar surface area (TPSA) is 34.4 Å². The molecule has 1 N–H and O–H groups in total. The predicted molar refractivity (Wildman–Crippen MR) is 63.5 cm³/mol. The van der Waals surface area contributed by atoms with Crippen molar-refractivity contribution in [1.82, 2.24) is 5.32 Å². The SMILES string of the molecule is COC(C)(C)CNC1CCCc2occc21. The van der Waals surface area contributed by atoms with E-state index in [1.807, 2.05) is 0 Å². The fourth-order valence-electron chi connectivity index (χ4n) is 2.14. The summed E-state index contributed by atoms with van der Waals surface area (Å²) < 4.78 is 10.9. The van der Waals surface area contributed by atoms with Crippen LogP contribution < -0.4 is 5.32 Å². The van der Waals surface area contributed by atoms with E-state index in [4.69, 9.17) is 9.15 Å². The lowest BCUT2D eigenvalue weighted by molar-refractivity contribution is 0.0205. The molecule has 1 aliphatic carbocycles. The van der Waals surface area contributed by atoms with E-state index in [0.717, 1.165) is 18.7 Å². The number of methoxy groups -OCH3 is 1. The van der Waals surface area contributed by atoms with Gasteiger partial charge in [-0.15, -0.1) is 0 Å². The molecule has 0 saturated carbocycles. The molecule has 0 aromatic carbocycles. The van der Waals surface area contributed by atoms with Crippen molar-refractivity contribution in [3.63, 3.8) is 0 Å². The van der Waals surface area contributed by atoms with Crippen LogP contribution in [0.25, 0.3) is 0 Å². The molecule has 2 rings (SSSR count). The average Bonchev–Trinajstić information content (AvgIpc) is 2.75. The third kappa shape index (κ3) is 2.47. The van der Waals surface area contributed by atoms with Crippen molar-refractivity contribution in [2.24, 2.45) is 0 Å². The van der Waals surface area contributed by atoms with Gasteiger partial charge in [0.05, 0.1) is 11.9 Å². The number of rotatable bonds is 4. The van der Waals surface area contributed by atoms with Crippen LogP contribution in [0.2, 0.25) is 0 Å². The highest BCUT2D eigenvalue weighted by Crippen LogP contribution is 2.30. The Balaban J connectivity index is 1.98. The van der Waals surface area contributed by atoms with Gasteiger partial charge in [-0.25, -0.2) is 0 Å². The van der Waals surface area contributed by atoms with Crippen LogP contribution in [-0.2, 0) is 11.2 Å². The molecule has 1 aromatic rings. The molecule has 0 amide bonds. The van der Waals surface area contributed by atoms with Crippen molar-refractivity contribution in [2.75, 3.05) is 13.7 Å². The highest BCUT2D eigenvalue weighted by molar-refractivity contribution is 5.24. The van der Waals surface area contributed by atoms with Crippen LogP contribution in [0, 0.1) is 0 Å². The van der Waals surface area contributed by atoms with Crippen molar-refractivity contribution in [2.45, 2.75) is 44.8 Å². The van der Waals surface area contributed by atoms with E-state index in [1.54, 1.807) is 13.4 Å². The minimum Gasteiger partial charge on any atom is -0.469 e. The molecule has 3 nitrogen and oxygen atoms in total. The summed E-state index contributed by atoms with van der Waals surface area (Å²) in [6.45, 7) is 5.05. The maximum absolute atomic E-state index is 5.47. The molecule has 1 aromatic heterocycles. The zero-order chi connectivity index (χ0) is 11.6. The molecule has 0 aliphatic heterocycles. The summed E-state index contributed by atoms with van der Waals surface area (Å²) in [5.74, 6) is 1.15. The van der Waals surface area contributed by atoms with Gasteiger partial charge >= 0.3 is 0 Å². The van der Waals surface area contributed by atoms with Crippen LogP contribution in [0.4, 0.5) is 0 Å². The quantitative estimate of drug-likeness (QED) is 0.852. The van der Waals surface area contributed by atoms with Gasteiger partial charge in [0.25, 0.3) is 0 Å². The number of furan rings is 1. The van der Waals surface area contributed by atoms with Gasteiger partial charge in [-0.05, 0) is 32.8 Å². The van der Waals surface area contributed by atoms with Gasteiger partial charge in [0.1, 0.15) is 5.76 Å². The largest absolute Gasteiger partial charge is 0.469 e. The van der Waals surface area contributed by atoms with Crippen LogP contribution >= 0.6 is 0 Å². The van der Waals surface area contributed by atoms with Crippen LogP contribution in [0.5, 0.6) is 0 Å². The zero-order valence-corrected chi connectivity index (χ0v) is 10.4. The molecule has 1 unspecified atom stereocenters. The Labute approximate surface area is 97.2 Å². The van der Waals surface area contributed by atoms with E-state index in [9.17, 15) is 0 Å². The molecule has 3 heteroatoms. The zero-order valence-electron chi connectivity index (χ0n) is 10.4. The highest BCUT2D eigenvalue weighted by Gasteiger charge is 2.24. The monoisotopic (exact) mass is 223 g/mol. The van der Waals surface area contributed by atoms with Crippen molar-refractivity contribution < 1.29 is 9.15 Å². The highest BCUT2D eigenvalue weighted by atomic mass is 16.5. The summed E-state index contributed by atoms with van der Waals surface area (Å²) in [6.07, 6.45) is 5.26. The second-order valence-electron chi connectivity index (χ2n) is 5.09. The molecule has 1 aliphatic rings. The van der Waals surface area contributed by atoms with Gasteiger partial charge in [-0.2, -0.15) is 0 Å². The van der Waals surface area contributed by atoms with Crippen LogP contribution in [0.15, 0.2) is 16.7 Å². The summed E-state index contributed by atoms with van der Waals surface area (Å²) in [4.78, 5) is 0. The number of hydrogen-bond donors (Lipinski definition) is 1. The summed E-state index contributed by atoms with van der Waals surface area (Å²) in [7, 11) is 1.76. The third-order valence-corrected chi connectivity index (χ3v) is 3.38. The minimum absolute atomic E-state index is 0.110.